The van der Waals surface area contributed by atoms with E-state index in [1.807, 2.05) is 20.8 Å². The minimum absolute atomic E-state index is 1.16. The number of hydrogen-bond donors (Lipinski definition) is 0. The van der Waals surface area contributed by atoms with Crippen LogP contribution in [0.5, 0.6) is 0 Å². The predicted molar refractivity (Wildman–Crippen MR) is 117 cm³/mol. The average Bonchev–Trinajstić information content (AvgIpc) is 2.68. The molecule has 0 heterocycles. The van der Waals surface area contributed by atoms with Gasteiger partial charge >= 0.3 is 0 Å². The molecule has 0 unspecified atom stereocenters. The normalized spacial score (nSPS) is 10.3. The van der Waals surface area contributed by atoms with E-state index < -0.39 is 0 Å². The Kier molecular flexibility index (Phi) is 7.23. The lowest BCUT2D eigenvalue weighted by Crippen LogP contribution is -2.09. The van der Waals surface area contributed by atoms with E-state index in [0.717, 1.165) is 5.69 Å². The maximum Gasteiger partial charge on any atom is 0.0462 e. The molecule has 0 spiro atoms. The molecule has 0 aromatic heterocycles. The first-order valence-electron chi connectivity index (χ1n) is 9.33. The second kappa shape index (κ2) is 9.62. The molecule has 26 heavy (non-hydrogen) atoms. The first-order chi connectivity index (χ1) is 12.7. The highest BCUT2D eigenvalue weighted by molar-refractivity contribution is 5.77. The largest absolute Gasteiger partial charge is 0.311 e. The Hall–Kier alpha value is -2.80. The molecule has 0 aliphatic rings. The highest BCUT2D eigenvalue weighted by atomic mass is 15.1. The number of aryl methyl sites for hydroxylation is 2. The maximum atomic E-state index is 2.29. The van der Waals surface area contributed by atoms with Gasteiger partial charge in [0.25, 0.3) is 0 Å². The van der Waals surface area contributed by atoms with Crippen molar-refractivity contribution in [3.8, 4) is 0 Å². The molecule has 0 aliphatic carbocycles. The summed E-state index contributed by atoms with van der Waals surface area (Å²) in [5, 5.41) is 0. The van der Waals surface area contributed by atoms with Gasteiger partial charge in [0.15, 0.2) is 0 Å². The Balaban J connectivity index is 0.00000117. The number of nitrogens with zero attached hydrogens (tertiary/aromatic N) is 1. The maximum absolute atomic E-state index is 2.29. The van der Waals surface area contributed by atoms with Crippen molar-refractivity contribution in [1.82, 2.24) is 0 Å². The summed E-state index contributed by atoms with van der Waals surface area (Å²) in [6, 6.07) is 26.0. The second-order valence-corrected chi connectivity index (χ2v) is 6.10. The molecule has 0 radical (unpaired) electrons. The van der Waals surface area contributed by atoms with E-state index >= 15 is 0 Å². The Morgan fingerprint density at radius 3 is 1.27 bits per heavy atom. The van der Waals surface area contributed by atoms with Crippen molar-refractivity contribution < 1.29 is 0 Å². The number of rotatable bonds is 4. The van der Waals surface area contributed by atoms with Gasteiger partial charge in [0, 0.05) is 17.1 Å². The van der Waals surface area contributed by atoms with Crippen LogP contribution in [-0.2, 0) is 0 Å². The van der Waals surface area contributed by atoms with Gasteiger partial charge in [0.05, 0.1) is 0 Å². The SMILES string of the molecule is C/C=C/c1ccc(N(c2ccc(C)cc2)c2ccc(C)cc2)cc1.CC. The summed E-state index contributed by atoms with van der Waals surface area (Å²) in [6.07, 6.45) is 4.18. The Labute approximate surface area is 158 Å². The summed E-state index contributed by atoms with van der Waals surface area (Å²) in [7, 11) is 0. The molecule has 1 nitrogen and oxygen atoms in total. The van der Waals surface area contributed by atoms with Crippen LogP contribution in [-0.4, -0.2) is 0 Å². The Morgan fingerprint density at radius 1 is 0.577 bits per heavy atom. The quantitative estimate of drug-likeness (QED) is 0.466. The number of allylic oxidation sites excluding steroid dienone is 1. The minimum Gasteiger partial charge on any atom is -0.311 e. The molecule has 3 aromatic carbocycles. The van der Waals surface area contributed by atoms with Gasteiger partial charge in [-0.2, -0.15) is 0 Å². The van der Waals surface area contributed by atoms with Crippen molar-refractivity contribution in [2.75, 3.05) is 4.90 Å². The second-order valence-electron chi connectivity index (χ2n) is 6.10. The Bertz CT molecular complexity index is 764. The lowest BCUT2D eigenvalue weighted by molar-refractivity contribution is 1.27. The third-order valence-electron chi connectivity index (χ3n) is 4.09. The lowest BCUT2D eigenvalue weighted by atomic mass is 10.1. The summed E-state index contributed by atoms with van der Waals surface area (Å²) in [6.45, 7) is 10.3. The fraction of sp³-hybridized carbons (Fsp3) is 0.200. The molecule has 1 heteroatoms. The van der Waals surface area contributed by atoms with Crippen LogP contribution in [0, 0.1) is 13.8 Å². The van der Waals surface area contributed by atoms with Gasteiger partial charge in [-0.15, -0.1) is 0 Å². The van der Waals surface area contributed by atoms with Gasteiger partial charge in [0.1, 0.15) is 0 Å². The molecule has 0 aliphatic heterocycles. The molecule has 0 saturated heterocycles. The molecule has 0 bridgehead atoms. The van der Waals surface area contributed by atoms with Crippen LogP contribution in [0.15, 0.2) is 78.9 Å². The van der Waals surface area contributed by atoms with E-state index in [2.05, 4.69) is 104 Å². The van der Waals surface area contributed by atoms with Gasteiger partial charge in [-0.25, -0.2) is 0 Å². The molecule has 0 saturated carbocycles. The van der Waals surface area contributed by atoms with Crippen LogP contribution in [0.1, 0.15) is 37.5 Å². The first kappa shape index (κ1) is 19.5. The van der Waals surface area contributed by atoms with E-state index in [1.54, 1.807) is 0 Å². The summed E-state index contributed by atoms with van der Waals surface area (Å²) in [4.78, 5) is 2.29. The highest BCUT2D eigenvalue weighted by Crippen LogP contribution is 2.34. The third-order valence-corrected chi connectivity index (χ3v) is 4.09. The molecule has 3 aromatic rings. The number of benzene rings is 3. The highest BCUT2D eigenvalue weighted by Gasteiger charge is 2.11. The van der Waals surface area contributed by atoms with Crippen molar-refractivity contribution in [3.05, 3.63) is 95.6 Å². The van der Waals surface area contributed by atoms with E-state index in [0.29, 0.717) is 0 Å². The fourth-order valence-electron chi connectivity index (χ4n) is 2.76. The smallest absolute Gasteiger partial charge is 0.0462 e. The third kappa shape index (κ3) is 4.86. The standard InChI is InChI=1S/C23H23N.C2H6/c1-4-5-20-10-16-23(17-11-20)24(21-12-6-18(2)7-13-21)22-14-8-19(3)9-15-22;1-2/h4-17H,1-3H3;1-2H3/b5-4+;. The van der Waals surface area contributed by atoms with E-state index in [1.165, 1.54) is 28.1 Å². The first-order valence-corrected chi connectivity index (χ1v) is 9.33. The molecule has 134 valence electrons. The summed E-state index contributed by atoms with van der Waals surface area (Å²) >= 11 is 0. The van der Waals surface area contributed by atoms with Crippen molar-refractivity contribution >= 4 is 23.1 Å². The number of anilines is 3. The summed E-state index contributed by atoms with van der Waals surface area (Å²) in [5.41, 5.74) is 7.26. The molecule has 0 amide bonds. The predicted octanol–water partition coefficient (Wildman–Crippen LogP) is 7.83. The molecule has 0 N–H and O–H groups in total. The van der Waals surface area contributed by atoms with Crippen molar-refractivity contribution in [3.63, 3.8) is 0 Å². The zero-order valence-electron chi connectivity index (χ0n) is 16.5. The summed E-state index contributed by atoms with van der Waals surface area (Å²) < 4.78 is 0. The van der Waals surface area contributed by atoms with E-state index in [-0.39, 0.29) is 0 Å². The van der Waals surface area contributed by atoms with E-state index in [9.17, 15) is 0 Å². The van der Waals surface area contributed by atoms with Gasteiger partial charge < -0.3 is 4.90 Å². The van der Waals surface area contributed by atoms with Gasteiger partial charge in [-0.3, -0.25) is 0 Å². The molecular weight excluding hydrogens is 314 g/mol. The van der Waals surface area contributed by atoms with Crippen LogP contribution in [0.25, 0.3) is 6.08 Å². The van der Waals surface area contributed by atoms with Crippen LogP contribution < -0.4 is 4.90 Å². The monoisotopic (exact) mass is 343 g/mol. The zero-order valence-corrected chi connectivity index (χ0v) is 16.5. The van der Waals surface area contributed by atoms with Crippen molar-refractivity contribution in [2.24, 2.45) is 0 Å². The van der Waals surface area contributed by atoms with Gasteiger partial charge in [-0.1, -0.05) is 73.5 Å². The van der Waals surface area contributed by atoms with Crippen molar-refractivity contribution in [1.29, 1.82) is 0 Å². The van der Waals surface area contributed by atoms with Crippen LogP contribution >= 0.6 is 0 Å². The lowest BCUT2D eigenvalue weighted by Gasteiger charge is -2.25. The van der Waals surface area contributed by atoms with Gasteiger partial charge in [-0.05, 0) is 62.7 Å². The zero-order chi connectivity index (χ0) is 18.9. The Morgan fingerprint density at radius 2 is 0.923 bits per heavy atom. The molecule has 0 atom stereocenters. The fourth-order valence-corrected chi connectivity index (χ4v) is 2.76. The van der Waals surface area contributed by atoms with Gasteiger partial charge in [0.2, 0.25) is 0 Å². The van der Waals surface area contributed by atoms with Crippen LogP contribution in [0.3, 0.4) is 0 Å². The van der Waals surface area contributed by atoms with Crippen LogP contribution in [0.4, 0.5) is 17.1 Å². The minimum atomic E-state index is 1.16. The average molecular weight is 344 g/mol. The van der Waals surface area contributed by atoms with E-state index in [4.69, 9.17) is 0 Å². The number of hydrogen-bond acceptors (Lipinski definition) is 1. The molecule has 0 fully saturated rings. The summed E-state index contributed by atoms with van der Waals surface area (Å²) in [5.74, 6) is 0. The van der Waals surface area contributed by atoms with Crippen LogP contribution in [0.2, 0.25) is 0 Å². The molecule has 3 rings (SSSR count). The topological polar surface area (TPSA) is 3.24 Å². The van der Waals surface area contributed by atoms with Crippen molar-refractivity contribution in [2.45, 2.75) is 34.6 Å². The molecular formula is C25H29N.